The van der Waals surface area contributed by atoms with Crippen LogP contribution in [0.1, 0.15) is 0 Å². The van der Waals surface area contributed by atoms with Crippen LogP contribution in [0.25, 0.3) is 22.4 Å². The van der Waals surface area contributed by atoms with Crippen molar-refractivity contribution in [2.45, 2.75) is 14.9 Å². The number of hydrogen-bond donors (Lipinski definition) is 1. The van der Waals surface area contributed by atoms with E-state index in [0.29, 0.717) is 26.9 Å². The number of benzene rings is 3. The van der Waals surface area contributed by atoms with Crippen molar-refractivity contribution in [3.63, 3.8) is 0 Å². The molecule has 0 radical (unpaired) electrons. The molecule has 1 heterocycles. The number of rotatable bonds is 5. The van der Waals surface area contributed by atoms with Crippen molar-refractivity contribution in [1.82, 2.24) is 5.16 Å². The van der Waals surface area contributed by atoms with Gasteiger partial charge in [0.1, 0.15) is 5.69 Å². The Morgan fingerprint density at radius 3 is 2.24 bits per heavy atom. The summed E-state index contributed by atoms with van der Waals surface area (Å²) in [4.78, 5) is 0.887. The zero-order valence-electron chi connectivity index (χ0n) is 14.9. The summed E-state index contributed by atoms with van der Waals surface area (Å²) >= 11 is 7.30. The van der Waals surface area contributed by atoms with Crippen LogP contribution in [-0.4, -0.2) is 13.6 Å². The Morgan fingerprint density at radius 2 is 1.55 bits per heavy atom. The summed E-state index contributed by atoms with van der Waals surface area (Å²) < 4.78 is 30.1. The lowest BCUT2D eigenvalue weighted by Crippen LogP contribution is -2.13. The largest absolute Gasteiger partial charge is 0.348 e. The molecule has 0 fully saturated rings. The lowest BCUT2D eigenvalue weighted by Gasteiger charge is -2.09. The Kier molecular flexibility index (Phi) is 5.47. The van der Waals surface area contributed by atoms with Crippen LogP contribution in [0.2, 0.25) is 5.02 Å². The van der Waals surface area contributed by atoms with Crippen molar-refractivity contribution in [3.8, 4) is 22.4 Å². The second kappa shape index (κ2) is 8.04. The molecular weight excluding hydrogens is 428 g/mol. The highest BCUT2D eigenvalue weighted by Crippen LogP contribution is 2.43. The van der Waals surface area contributed by atoms with Crippen LogP contribution < -0.4 is 5.14 Å². The van der Waals surface area contributed by atoms with E-state index in [4.69, 9.17) is 21.3 Å². The topological polar surface area (TPSA) is 86.2 Å². The molecule has 4 aromatic rings. The number of aromatic nitrogens is 1. The minimum Gasteiger partial charge on any atom is -0.348 e. The van der Waals surface area contributed by atoms with Crippen molar-refractivity contribution in [2.75, 3.05) is 0 Å². The van der Waals surface area contributed by atoms with Crippen molar-refractivity contribution >= 4 is 33.4 Å². The van der Waals surface area contributed by atoms with E-state index in [9.17, 15) is 8.42 Å². The van der Waals surface area contributed by atoms with Crippen molar-refractivity contribution in [3.05, 3.63) is 83.9 Å². The second-order valence-electron chi connectivity index (χ2n) is 6.16. The molecule has 5 nitrogen and oxygen atoms in total. The molecule has 0 saturated heterocycles. The third-order valence-corrected chi connectivity index (χ3v) is 6.39. The molecule has 146 valence electrons. The average molecular weight is 443 g/mol. The molecule has 3 aromatic carbocycles. The van der Waals surface area contributed by atoms with E-state index in [-0.39, 0.29) is 4.90 Å². The van der Waals surface area contributed by atoms with Crippen LogP contribution in [-0.2, 0) is 10.0 Å². The summed E-state index contributed by atoms with van der Waals surface area (Å²) in [5.74, 6) is 0. The molecule has 0 aliphatic carbocycles. The van der Waals surface area contributed by atoms with Gasteiger partial charge in [-0.05, 0) is 42.1 Å². The van der Waals surface area contributed by atoms with Gasteiger partial charge in [-0.2, -0.15) is 0 Å². The Hall–Kier alpha value is -2.58. The fraction of sp³-hybridized carbons (Fsp3) is 0. The quantitative estimate of drug-likeness (QED) is 0.443. The van der Waals surface area contributed by atoms with Crippen molar-refractivity contribution < 1.29 is 12.9 Å². The zero-order chi connectivity index (χ0) is 20.4. The van der Waals surface area contributed by atoms with Gasteiger partial charge in [-0.1, -0.05) is 65.3 Å². The van der Waals surface area contributed by atoms with Gasteiger partial charge in [-0.15, -0.1) is 0 Å². The van der Waals surface area contributed by atoms with Crippen LogP contribution in [0.3, 0.4) is 0 Å². The van der Waals surface area contributed by atoms with E-state index < -0.39 is 10.0 Å². The fourth-order valence-corrected chi connectivity index (χ4v) is 4.65. The standard InChI is InChI=1S/C21H15ClN2O3S2/c22-15-10-12-16(13-11-15)28-21-19(17-8-4-5-9-18(17)29(23,25)26)20(24-27-21)14-6-2-1-3-7-14/h1-13H,(H2,23,25,26). The van der Waals surface area contributed by atoms with Gasteiger partial charge in [0.2, 0.25) is 15.1 Å². The van der Waals surface area contributed by atoms with Gasteiger partial charge in [-0.3, -0.25) is 0 Å². The highest BCUT2D eigenvalue weighted by molar-refractivity contribution is 7.99. The molecule has 0 aliphatic rings. The average Bonchev–Trinajstić information content (AvgIpc) is 3.13. The van der Waals surface area contributed by atoms with E-state index in [1.54, 1.807) is 30.3 Å². The Morgan fingerprint density at radius 1 is 0.897 bits per heavy atom. The number of sulfonamides is 1. The molecule has 0 aliphatic heterocycles. The summed E-state index contributed by atoms with van der Waals surface area (Å²) in [6.07, 6.45) is 0. The predicted octanol–water partition coefficient (Wildman–Crippen LogP) is 5.46. The van der Waals surface area contributed by atoms with Gasteiger partial charge < -0.3 is 4.52 Å². The SMILES string of the molecule is NS(=O)(=O)c1ccccc1-c1c(-c2ccccc2)noc1Sc1ccc(Cl)cc1. The summed E-state index contributed by atoms with van der Waals surface area (Å²) in [7, 11) is -3.95. The molecule has 29 heavy (non-hydrogen) atoms. The van der Waals surface area contributed by atoms with E-state index >= 15 is 0 Å². The first-order valence-corrected chi connectivity index (χ1v) is 11.3. The predicted molar refractivity (Wildman–Crippen MR) is 114 cm³/mol. The maximum absolute atomic E-state index is 12.2. The monoisotopic (exact) mass is 442 g/mol. The van der Waals surface area contributed by atoms with Crippen molar-refractivity contribution in [1.29, 1.82) is 0 Å². The van der Waals surface area contributed by atoms with Crippen LogP contribution in [0.5, 0.6) is 0 Å². The Balaban J connectivity index is 1.93. The third-order valence-electron chi connectivity index (χ3n) is 4.20. The Labute approximate surface area is 177 Å². The summed E-state index contributed by atoms with van der Waals surface area (Å²) in [6, 6.07) is 23.2. The smallest absolute Gasteiger partial charge is 0.238 e. The van der Waals surface area contributed by atoms with Crippen molar-refractivity contribution in [2.24, 2.45) is 5.14 Å². The number of nitrogens with two attached hydrogens (primary N) is 1. The zero-order valence-corrected chi connectivity index (χ0v) is 17.3. The summed E-state index contributed by atoms with van der Waals surface area (Å²) in [6.45, 7) is 0. The number of halogens is 1. The van der Waals surface area contributed by atoms with Gasteiger partial charge in [-0.25, -0.2) is 13.6 Å². The van der Waals surface area contributed by atoms with Crippen LogP contribution >= 0.6 is 23.4 Å². The van der Waals surface area contributed by atoms with E-state index in [2.05, 4.69) is 5.16 Å². The molecule has 0 unspecified atom stereocenters. The molecule has 0 saturated carbocycles. The van der Waals surface area contributed by atoms with Gasteiger partial charge >= 0.3 is 0 Å². The van der Waals surface area contributed by atoms with Gasteiger partial charge in [0.05, 0.1) is 10.5 Å². The van der Waals surface area contributed by atoms with E-state index in [0.717, 1.165) is 10.5 Å². The summed E-state index contributed by atoms with van der Waals surface area (Å²) in [5.41, 5.74) is 2.35. The number of primary sulfonamides is 1. The first-order valence-electron chi connectivity index (χ1n) is 8.54. The second-order valence-corrected chi connectivity index (χ2v) is 9.17. The molecule has 0 atom stereocenters. The normalized spacial score (nSPS) is 11.5. The fourth-order valence-electron chi connectivity index (χ4n) is 2.91. The molecule has 1 aromatic heterocycles. The van der Waals surface area contributed by atoms with Crippen LogP contribution in [0, 0.1) is 0 Å². The first kappa shape index (κ1) is 19.7. The molecule has 0 spiro atoms. The maximum Gasteiger partial charge on any atom is 0.238 e. The van der Waals surface area contributed by atoms with Crippen LogP contribution in [0.15, 0.2) is 98.3 Å². The first-order chi connectivity index (χ1) is 13.9. The van der Waals surface area contributed by atoms with E-state index in [1.165, 1.54) is 17.8 Å². The van der Waals surface area contributed by atoms with Gasteiger partial charge in [0.15, 0.2) is 0 Å². The summed E-state index contributed by atoms with van der Waals surface area (Å²) in [5, 5.41) is 10.8. The number of nitrogens with zero attached hydrogens (tertiary/aromatic N) is 1. The van der Waals surface area contributed by atoms with E-state index in [1.807, 2.05) is 42.5 Å². The third kappa shape index (κ3) is 4.23. The minimum absolute atomic E-state index is 0.0123. The molecule has 0 bridgehead atoms. The van der Waals surface area contributed by atoms with Crippen LogP contribution in [0.4, 0.5) is 0 Å². The van der Waals surface area contributed by atoms with Gasteiger partial charge in [0, 0.05) is 21.0 Å². The lowest BCUT2D eigenvalue weighted by molar-refractivity contribution is 0.352. The highest BCUT2D eigenvalue weighted by atomic mass is 35.5. The molecular formula is C21H15ClN2O3S2. The lowest BCUT2D eigenvalue weighted by atomic mass is 10.0. The maximum atomic E-state index is 12.2. The molecule has 0 amide bonds. The minimum atomic E-state index is -3.95. The highest BCUT2D eigenvalue weighted by Gasteiger charge is 2.25. The van der Waals surface area contributed by atoms with Gasteiger partial charge in [0.25, 0.3) is 0 Å². The Bertz CT molecular complexity index is 1250. The molecule has 4 rings (SSSR count). The molecule has 8 heteroatoms. The molecule has 2 N–H and O–H groups in total. The number of hydrogen-bond acceptors (Lipinski definition) is 5.